The molecule has 4 radical (unpaired) electrons. The number of aliphatic hydroxyl groups is 2. The lowest BCUT2D eigenvalue weighted by Crippen LogP contribution is -2.47. The number of phenolic OH excluding ortho intramolecular Hbond substituents is 1. The number of nitrogens with zero attached hydrogens (tertiary/aromatic N) is 3. The molecule has 2 atom stereocenters. The van der Waals surface area contributed by atoms with E-state index < -0.39 is 11.5 Å². The van der Waals surface area contributed by atoms with Crippen LogP contribution in [0.25, 0.3) is 5.69 Å². The molecular formula is C26H30B2N4O4. The molecule has 4 N–H and O–H groups in total. The number of phenols is 1. The molecule has 0 aliphatic carbocycles. The number of piperidine rings is 1. The molecule has 0 spiro atoms. The molecule has 4 rings (SSSR count). The van der Waals surface area contributed by atoms with Crippen LogP contribution in [-0.4, -0.2) is 76.9 Å². The van der Waals surface area contributed by atoms with Crippen molar-refractivity contribution in [1.29, 1.82) is 0 Å². The number of rotatable bonds is 7. The van der Waals surface area contributed by atoms with Crippen LogP contribution in [0.1, 0.15) is 41.4 Å². The van der Waals surface area contributed by atoms with Gasteiger partial charge in [-0.25, -0.2) is 4.68 Å². The number of anilines is 1. The smallest absolute Gasteiger partial charge is 0.259 e. The summed E-state index contributed by atoms with van der Waals surface area (Å²) in [5.74, 6) is -0.539. The van der Waals surface area contributed by atoms with Crippen LogP contribution in [-0.2, 0) is 6.54 Å². The highest BCUT2D eigenvalue weighted by atomic mass is 16.3. The fraction of sp³-hybridized carbons (Fsp3) is 0.385. The van der Waals surface area contributed by atoms with E-state index in [4.69, 9.17) is 15.7 Å². The summed E-state index contributed by atoms with van der Waals surface area (Å²) in [7, 11) is 11.9. The number of amides is 1. The lowest BCUT2D eigenvalue weighted by Gasteiger charge is -2.39. The van der Waals surface area contributed by atoms with Crippen molar-refractivity contribution >= 4 is 38.2 Å². The number of nitrogens with one attached hydrogen (secondary N) is 1. The van der Waals surface area contributed by atoms with Gasteiger partial charge < -0.3 is 20.6 Å². The minimum atomic E-state index is -1.15. The largest absolute Gasteiger partial charge is 0.508 e. The fourth-order valence-electron chi connectivity index (χ4n) is 4.60. The van der Waals surface area contributed by atoms with Crippen LogP contribution in [0.15, 0.2) is 42.6 Å². The molecule has 0 saturated carbocycles. The molecule has 2 aromatic carbocycles. The molecule has 1 aliphatic heterocycles. The first-order valence-corrected chi connectivity index (χ1v) is 12.0. The Bertz CT molecular complexity index is 1240. The van der Waals surface area contributed by atoms with Gasteiger partial charge in [-0.2, -0.15) is 5.10 Å². The van der Waals surface area contributed by atoms with Crippen LogP contribution in [0, 0.1) is 12.8 Å². The van der Waals surface area contributed by atoms with Crippen LogP contribution >= 0.6 is 0 Å². The standard InChI is InChI=1S/C26H30B2N4O4/c1-16-21(14-32(30-16)20-8-6-19(27)7-9-20)25(35)29-22-10-5-17(24(34)23(22)28)12-31-11-3-4-18(13-31)26(2,36)15-33/h5-10,14,18,33-34,36H,3-4,11-13,15H2,1-2H3,(H,29,35). The predicted octanol–water partition coefficient (Wildman–Crippen LogP) is 0.682. The number of hydrogen-bond acceptors (Lipinski definition) is 6. The highest BCUT2D eigenvalue weighted by molar-refractivity contribution is 6.38. The van der Waals surface area contributed by atoms with E-state index in [-0.39, 0.29) is 23.7 Å². The number of carbonyl (C=O) groups excluding carboxylic acids is 1. The average molecular weight is 484 g/mol. The summed E-state index contributed by atoms with van der Waals surface area (Å²) in [5.41, 5.74) is 2.20. The molecule has 8 nitrogen and oxygen atoms in total. The van der Waals surface area contributed by atoms with Crippen LogP contribution in [0.5, 0.6) is 5.75 Å². The van der Waals surface area contributed by atoms with Gasteiger partial charge in [-0.15, -0.1) is 0 Å². The molecule has 0 bridgehead atoms. The summed E-state index contributed by atoms with van der Waals surface area (Å²) >= 11 is 0. The zero-order valence-electron chi connectivity index (χ0n) is 20.6. The number of aryl methyl sites for hydroxylation is 1. The molecule has 1 amide bonds. The fourth-order valence-corrected chi connectivity index (χ4v) is 4.60. The number of likely N-dealkylation sites (tertiary alicyclic amines) is 1. The maximum absolute atomic E-state index is 13.0. The maximum Gasteiger partial charge on any atom is 0.259 e. The number of benzene rings is 2. The third-order valence-electron chi connectivity index (χ3n) is 6.95. The van der Waals surface area contributed by atoms with Gasteiger partial charge in [0.15, 0.2) is 0 Å². The topological polar surface area (TPSA) is 111 Å². The van der Waals surface area contributed by atoms with E-state index in [0.717, 1.165) is 25.1 Å². The van der Waals surface area contributed by atoms with E-state index in [1.54, 1.807) is 49.0 Å². The van der Waals surface area contributed by atoms with E-state index in [2.05, 4.69) is 15.3 Å². The Morgan fingerprint density at radius 1 is 1.22 bits per heavy atom. The summed E-state index contributed by atoms with van der Waals surface area (Å²) in [4.78, 5) is 15.1. The van der Waals surface area contributed by atoms with Crippen LogP contribution in [0.3, 0.4) is 0 Å². The predicted molar refractivity (Wildman–Crippen MR) is 141 cm³/mol. The van der Waals surface area contributed by atoms with Gasteiger partial charge in [0, 0.05) is 36.5 Å². The number of hydrogen-bond donors (Lipinski definition) is 4. The summed E-state index contributed by atoms with van der Waals surface area (Å²) in [6.45, 7) is 4.95. The number of carbonyl (C=O) groups is 1. The zero-order chi connectivity index (χ0) is 26.0. The van der Waals surface area contributed by atoms with Crippen LogP contribution in [0.4, 0.5) is 5.69 Å². The van der Waals surface area contributed by atoms with E-state index in [0.29, 0.717) is 41.1 Å². The second kappa shape index (κ2) is 10.5. The Labute approximate surface area is 213 Å². The lowest BCUT2D eigenvalue weighted by atomic mass is 9.83. The molecule has 1 saturated heterocycles. The minimum Gasteiger partial charge on any atom is -0.508 e. The normalized spacial score (nSPS) is 18.1. The average Bonchev–Trinajstić information content (AvgIpc) is 3.26. The van der Waals surface area contributed by atoms with Gasteiger partial charge in [0.2, 0.25) is 0 Å². The highest BCUT2D eigenvalue weighted by Crippen LogP contribution is 2.29. The number of aromatic hydroxyl groups is 1. The molecule has 1 aliphatic rings. The van der Waals surface area contributed by atoms with Gasteiger partial charge in [-0.1, -0.05) is 23.7 Å². The first-order valence-electron chi connectivity index (χ1n) is 12.0. The molecule has 2 unspecified atom stereocenters. The first kappa shape index (κ1) is 26.0. The van der Waals surface area contributed by atoms with Crippen molar-refractivity contribution in [2.45, 2.75) is 38.8 Å². The second-order valence-electron chi connectivity index (χ2n) is 9.74. The molecular weight excluding hydrogens is 454 g/mol. The molecule has 1 fully saturated rings. The number of aromatic nitrogens is 2. The van der Waals surface area contributed by atoms with Gasteiger partial charge in [-0.05, 0) is 56.9 Å². The third kappa shape index (κ3) is 5.51. The molecule has 3 aromatic rings. The zero-order valence-corrected chi connectivity index (χ0v) is 20.6. The molecule has 2 heterocycles. The lowest BCUT2D eigenvalue weighted by molar-refractivity contribution is -0.0697. The maximum atomic E-state index is 13.0. The van der Waals surface area contributed by atoms with E-state index >= 15 is 0 Å². The van der Waals surface area contributed by atoms with Crippen molar-refractivity contribution in [1.82, 2.24) is 14.7 Å². The Balaban J connectivity index is 1.47. The van der Waals surface area contributed by atoms with E-state index in [1.165, 1.54) is 0 Å². The SMILES string of the molecule is [B]c1ccc(-n2cc(C(=O)Nc3ccc(CN4CCCC(C(C)(O)CO)C4)c(O)c3[B])c(C)n2)cc1. The minimum absolute atomic E-state index is 0.0632. The third-order valence-corrected chi connectivity index (χ3v) is 6.95. The van der Waals surface area contributed by atoms with Crippen LogP contribution in [0.2, 0.25) is 0 Å². The van der Waals surface area contributed by atoms with Gasteiger partial charge in [-0.3, -0.25) is 9.69 Å². The van der Waals surface area contributed by atoms with Crippen molar-refractivity contribution in [3.8, 4) is 11.4 Å². The van der Waals surface area contributed by atoms with E-state index in [1.807, 2.05) is 12.1 Å². The van der Waals surface area contributed by atoms with Gasteiger partial charge in [0.1, 0.15) is 21.4 Å². The summed E-state index contributed by atoms with van der Waals surface area (Å²) in [6, 6.07) is 10.6. The van der Waals surface area contributed by atoms with Crippen molar-refractivity contribution < 1.29 is 20.1 Å². The summed E-state index contributed by atoms with van der Waals surface area (Å²) in [5, 5.41) is 37.9. The Morgan fingerprint density at radius 3 is 2.64 bits per heavy atom. The molecule has 10 heteroatoms. The highest BCUT2D eigenvalue weighted by Gasteiger charge is 2.34. The van der Waals surface area contributed by atoms with Gasteiger partial charge in [0.05, 0.1) is 29.2 Å². The second-order valence-corrected chi connectivity index (χ2v) is 9.74. The quantitative estimate of drug-likeness (QED) is 0.368. The van der Waals surface area contributed by atoms with Crippen LogP contribution < -0.4 is 16.2 Å². The summed E-state index contributed by atoms with van der Waals surface area (Å²) < 4.78 is 1.60. The van der Waals surface area contributed by atoms with Crippen molar-refractivity contribution in [3.63, 3.8) is 0 Å². The Kier molecular flexibility index (Phi) is 7.59. The van der Waals surface area contributed by atoms with Gasteiger partial charge >= 0.3 is 0 Å². The molecule has 184 valence electrons. The molecule has 36 heavy (non-hydrogen) atoms. The molecule has 1 aromatic heterocycles. The van der Waals surface area contributed by atoms with Crippen molar-refractivity contribution in [3.05, 3.63) is 59.4 Å². The number of aliphatic hydroxyl groups excluding tert-OH is 1. The van der Waals surface area contributed by atoms with E-state index in [9.17, 15) is 20.1 Å². The first-order chi connectivity index (χ1) is 17.1. The summed E-state index contributed by atoms with van der Waals surface area (Å²) in [6.07, 6.45) is 3.35. The van der Waals surface area contributed by atoms with Crippen molar-refractivity contribution in [2.75, 3.05) is 25.0 Å². The monoisotopic (exact) mass is 484 g/mol. The Morgan fingerprint density at radius 2 is 1.94 bits per heavy atom. The van der Waals surface area contributed by atoms with Crippen molar-refractivity contribution in [2.24, 2.45) is 5.92 Å². The van der Waals surface area contributed by atoms with Gasteiger partial charge in [0.25, 0.3) is 5.91 Å². The Hall–Kier alpha value is -3.07.